The van der Waals surface area contributed by atoms with Gasteiger partial charge in [0.25, 0.3) is 5.88 Å². The third kappa shape index (κ3) is 5.52. The average Bonchev–Trinajstić information content (AvgIpc) is 2.81. The molecule has 0 bridgehead atoms. The van der Waals surface area contributed by atoms with Crippen molar-refractivity contribution in [3.8, 4) is 17.4 Å². The van der Waals surface area contributed by atoms with E-state index in [0.29, 0.717) is 5.56 Å². The number of aromatic nitrogens is 1. The van der Waals surface area contributed by atoms with Gasteiger partial charge in [0.05, 0.1) is 5.52 Å². The molecule has 0 aliphatic carbocycles. The molecule has 14 heteroatoms. The van der Waals surface area contributed by atoms with Crippen LogP contribution in [0.15, 0.2) is 54.6 Å². The molecule has 3 aromatic rings. The van der Waals surface area contributed by atoms with Crippen LogP contribution in [0.25, 0.3) is 10.9 Å². The van der Waals surface area contributed by atoms with E-state index in [1.165, 1.54) is 6.07 Å². The number of hydrogen-bond acceptors (Lipinski definition) is 5. The lowest BCUT2D eigenvalue weighted by atomic mass is 10.1. The highest BCUT2D eigenvalue weighted by Gasteiger charge is 2.75. The average molecular weight is 525 g/mol. The molecule has 1 heterocycles. The predicted molar refractivity (Wildman–Crippen MR) is 108 cm³/mol. The topological polar surface area (TPSA) is 77.9 Å². The molecule has 194 valence electrons. The van der Waals surface area contributed by atoms with E-state index in [0.717, 1.165) is 18.2 Å². The van der Waals surface area contributed by atoms with Gasteiger partial charge in [-0.15, -0.1) is 0 Å². The summed E-state index contributed by atoms with van der Waals surface area (Å²) < 4.78 is 120. The monoisotopic (exact) mass is 525 g/mol. The summed E-state index contributed by atoms with van der Waals surface area (Å²) in [5, 5.41) is 9.00. The van der Waals surface area contributed by atoms with Gasteiger partial charge in [-0.1, -0.05) is 30.3 Å². The van der Waals surface area contributed by atoms with Crippen LogP contribution in [0.2, 0.25) is 0 Å². The van der Waals surface area contributed by atoms with Gasteiger partial charge in [0.1, 0.15) is 12.4 Å². The number of ether oxygens (including phenoxy) is 3. The number of carboxylic acid groups (broad SMARTS) is 1. The Morgan fingerprint density at radius 2 is 1.61 bits per heavy atom. The fourth-order valence-corrected chi connectivity index (χ4v) is 2.85. The summed E-state index contributed by atoms with van der Waals surface area (Å²) in [6.45, 7) is -2.40. The fraction of sp³-hybridized carbons (Fsp3) is 0.273. The van der Waals surface area contributed by atoms with E-state index in [4.69, 9.17) is 9.84 Å². The highest BCUT2D eigenvalue weighted by atomic mass is 19.4. The smallest absolute Gasteiger partial charge is 0.487 e. The van der Waals surface area contributed by atoms with Crippen LogP contribution in [0.1, 0.15) is 5.56 Å². The predicted octanol–water partition coefficient (Wildman–Crippen LogP) is 6.42. The molecular formula is C22H15F8NO5. The van der Waals surface area contributed by atoms with Gasteiger partial charge < -0.3 is 19.3 Å². The Morgan fingerprint density at radius 3 is 2.22 bits per heavy atom. The van der Waals surface area contributed by atoms with Gasteiger partial charge in [-0.2, -0.15) is 26.3 Å². The SMILES string of the molecule is O=C(O)Oc1nc2ccc(OCC(F)(F)C(F)(F)C(F)(F)C(F)F)cc2cc1OCc1ccccc1. The second-order valence-corrected chi connectivity index (χ2v) is 7.28. The lowest BCUT2D eigenvalue weighted by Crippen LogP contribution is -2.59. The number of carbonyl (C=O) groups is 1. The second kappa shape index (κ2) is 10.0. The summed E-state index contributed by atoms with van der Waals surface area (Å²) >= 11 is 0. The number of nitrogens with zero attached hydrogens (tertiary/aromatic N) is 1. The molecule has 0 spiro atoms. The maximum atomic E-state index is 13.8. The largest absolute Gasteiger partial charge is 0.512 e. The van der Waals surface area contributed by atoms with Gasteiger partial charge in [0.2, 0.25) is 0 Å². The van der Waals surface area contributed by atoms with Crippen molar-refractivity contribution >= 4 is 17.1 Å². The van der Waals surface area contributed by atoms with Crippen molar-refractivity contribution in [3.05, 3.63) is 60.2 Å². The summed E-state index contributed by atoms with van der Waals surface area (Å²) in [5.74, 6) is -19.6. The normalized spacial score (nSPS) is 12.6. The Bertz CT molecular complexity index is 1220. The molecule has 0 aliphatic rings. The molecule has 0 fully saturated rings. The molecule has 36 heavy (non-hydrogen) atoms. The summed E-state index contributed by atoms with van der Waals surface area (Å²) in [7, 11) is 0. The van der Waals surface area contributed by atoms with E-state index >= 15 is 0 Å². The number of pyridine rings is 1. The first kappa shape index (κ1) is 26.8. The van der Waals surface area contributed by atoms with Gasteiger partial charge >= 0.3 is 30.3 Å². The summed E-state index contributed by atoms with van der Waals surface area (Å²) in [6.07, 6.45) is -6.75. The highest BCUT2D eigenvalue weighted by Crippen LogP contribution is 2.48. The van der Waals surface area contributed by atoms with Crippen LogP contribution in [-0.4, -0.2) is 47.0 Å². The zero-order valence-corrected chi connectivity index (χ0v) is 17.7. The minimum absolute atomic E-state index is 0.0342. The molecular weight excluding hydrogens is 510 g/mol. The lowest BCUT2D eigenvalue weighted by Gasteiger charge is -2.32. The van der Waals surface area contributed by atoms with Crippen LogP contribution >= 0.6 is 0 Å². The molecule has 1 N–H and O–H groups in total. The molecule has 0 aliphatic heterocycles. The highest BCUT2D eigenvalue weighted by molar-refractivity contribution is 5.83. The number of benzene rings is 2. The third-order valence-corrected chi connectivity index (χ3v) is 4.71. The van der Waals surface area contributed by atoms with Gasteiger partial charge in [0.15, 0.2) is 12.4 Å². The van der Waals surface area contributed by atoms with E-state index in [9.17, 15) is 39.9 Å². The van der Waals surface area contributed by atoms with Gasteiger partial charge in [0, 0.05) is 5.39 Å². The fourth-order valence-electron chi connectivity index (χ4n) is 2.85. The second-order valence-electron chi connectivity index (χ2n) is 7.28. The zero-order chi connectivity index (χ0) is 26.7. The van der Waals surface area contributed by atoms with E-state index in [2.05, 4.69) is 14.5 Å². The molecule has 0 saturated heterocycles. The minimum atomic E-state index is -6.41. The first-order valence-corrected chi connectivity index (χ1v) is 9.81. The molecule has 3 rings (SSSR count). The van der Waals surface area contributed by atoms with Crippen molar-refractivity contribution in [1.82, 2.24) is 4.98 Å². The van der Waals surface area contributed by atoms with Crippen molar-refractivity contribution in [2.24, 2.45) is 0 Å². The van der Waals surface area contributed by atoms with Gasteiger partial charge in [-0.25, -0.2) is 18.6 Å². The van der Waals surface area contributed by atoms with Crippen LogP contribution in [0, 0.1) is 0 Å². The van der Waals surface area contributed by atoms with Crippen molar-refractivity contribution in [1.29, 1.82) is 0 Å². The van der Waals surface area contributed by atoms with Crippen LogP contribution in [0.3, 0.4) is 0 Å². The maximum Gasteiger partial charge on any atom is 0.512 e. The number of fused-ring (bicyclic) bond motifs is 1. The summed E-state index contributed by atoms with van der Waals surface area (Å²) in [6, 6.07) is 12.8. The standard InChI is InChI=1S/C22H15F8NO5/c23-18(24)21(27,28)22(29,30)20(25,26)11-35-14-6-7-15-13(8-14)9-16(17(31-15)36-19(32)33)34-10-12-4-2-1-3-5-12/h1-9,18H,10-11H2,(H,32,33). The van der Waals surface area contributed by atoms with E-state index in [1.54, 1.807) is 30.3 Å². The molecule has 6 nitrogen and oxygen atoms in total. The molecule has 0 saturated carbocycles. The van der Waals surface area contributed by atoms with E-state index in [1.807, 2.05) is 0 Å². The summed E-state index contributed by atoms with van der Waals surface area (Å²) in [5.41, 5.74) is 0.715. The Kier molecular flexibility index (Phi) is 7.46. The lowest BCUT2D eigenvalue weighted by molar-refractivity contribution is -0.342. The minimum Gasteiger partial charge on any atom is -0.487 e. The van der Waals surface area contributed by atoms with Crippen LogP contribution in [0.4, 0.5) is 39.9 Å². The molecule has 0 atom stereocenters. The van der Waals surface area contributed by atoms with Gasteiger partial charge in [-0.05, 0) is 29.8 Å². The zero-order valence-electron chi connectivity index (χ0n) is 17.7. The van der Waals surface area contributed by atoms with Crippen molar-refractivity contribution in [2.75, 3.05) is 6.61 Å². The van der Waals surface area contributed by atoms with Crippen LogP contribution < -0.4 is 14.2 Å². The van der Waals surface area contributed by atoms with E-state index < -0.39 is 48.6 Å². The Morgan fingerprint density at radius 1 is 0.944 bits per heavy atom. The Hall–Kier alpha value is -3.84. The molecule has 1 aromatic heterocycles. The maximum absolute atomic E-state index is 13.8. The van der Waals surface area contributed by atoms with Crippen molar-refractivity contribution < 1.29 is 59.2 Å². The quantitative estimate of drug-likeness (QED) is 0.243. The third-order valence-electron chi connectivity index (χ3n) is 4.71. The van der Waals surface area contributed by atoms with Crippen molar-refractivity contribution in [2.45, 2.75) is 30.8 Å². The molecule has 0 unspecified atom stereocenters. The Balaban J connectivity index is 1.86. The number of halogens is 8. The van der Waals surface area contributed by atoms with Crippen LogP contribution in [0.5, 0.6) is 17.4 Å². The molecule has 0 amide bonds. The first-order valence-electron chi connectivity index (χ1n) is 9.81. The Labute approximate surface area is 197 Å². The first-order chi connectivity index (χ1) is 16.7. The van der Waals surface area contributed by atoms with Gasteiger partial charge in [-0.3, -0.25) is 0 Å². The number of rotatable bonds is 10. The summed E-state index contributed by atoms with van der Waals surface area (Å²) in [4.78, 5) is 14.9. The number of alkyl halides is 8. The number of hydrogen-bond donors (Lipinski definition) is 1. The van der Waals surface area contributed by atoms with Crippen LogP contribution in [-0.2, 0) is 6.61 Å². The van der Waals surface area contributed by atoms with Crippen molar-refractivity contribution in [3.63, 3.8) is 0 Å². The molecule has 0 radical (unpaired) electrons. The molecule has 2 aromatic carbocycles. The van der Waals surface area contributed by atoms with E-state index in [-0.39, 0.29) is 23.3 Å².